The van der Waals surface area contributed by atoms with Crippen molar-refractivity contribution in [1.82, 2.24) is 4.98 Å². The molecule has 0 unspecified atom stereocenters. The van der Waals surface area contributed by atoms with E-state index in [1.54, 1.807) is 0 Å². The van der Waals surface area contributed by atoms with E-state index in [0.29, 0.717) is 25.1 Å². The van der Waals surface area contributed by atoms with Gasteiger partial charge in [-0.3, -0.25) is 9.52 Å². The second-order valence-corrected chi connectivity index (χ2v) is 8.52. The van der Waals surface area contributed by atoms with E-state index in [4.69, 9.17) is 0 Å². The summed E-state index contributed by atoms with van der Waals surface area (Å²) in [6.07, 6.45) is -1.05. The van der Waals surface area contributed by atoms with Crippen molar-refractivity contribution in [3.05, 3.63) is 17.8 Å². The Bertz CT molecular complexity index is 742. The van der Waals surface area contributed by atoms with E-state index in [1.165, 1.54) is 13.8 Å². The maximum Gasteiger partial charge on any atom is 0.417 e. The van der Waals surface area contributed by atoms with Crippen LogP contribution in [0.4, 0.5) is 24.7 Å². The first-order valence-electron chi connectivity index (χ1n) is 7.90. The van der Waals surface area contributed by atoms with Gasteiger partial charge >= 0.3 is 6.18 Å². The average molecular weight is 379 g/mol. The van der Waals surface area contributed by atoms with Crippen molar-refractivity contribution in [3.8, 4) is 0 Å². The lowest BCUT2D eigenvalue weighted by molar-refractivity contribution is -0.137. The smallest absolute Gasteiger partial charge is 0.323 e. The van der Waals surface area contributed by atoms with Crippen LogP contribution in [-0.2, 0) is 21.0 Å². The molecule has 1 aliphatic carbocycles. The fourth-order valence-corrected chi connectivity index (χ4v) is 3.14. The van der Waals surface area contributed by atoms with Gasteiger partial charge in [0, 0.05) is 12.1 Å². The molecule has 2 N–H and O–H groups in total. The van der Waals surface area contributed by atoms with Crippen molar-refractivity contribution in [2.45, 2.75) is 51.0 Å². The highest BCUT2D eigenvalue weighted by Crippen LogP contribution is 2.34. The van der Waals surface area contributed by atoms with Gasteiger partial charge in [-0.15, -0.1) is 0 Å². The summed E-state index contributed by atoms with van der Waals surface area (Å²) < 4.78 is 64.9. The molecule has 0 atom stereocenters. The first kappa shape index (κ1) is 19.5. The van der Waals surface area contributed by atoms with Crippen LogP contribution in [0.15, 0.2) is 12.3 Å². The number of pyridine rings is 1. The molecule has 140 valence electrons. The number of alkyl halides is 3. The molecule has 1 fully saturated rings. The molecule has 1 heterocycles. The van der Waals surface area contributed by atoms with Crippen molar-refractivity contribution in [2.24, 2.45) is 5.92 Å². The number of sulfonamides is 1. The lowest BCUT2D eigenvalue weighted by Gasteiger charge is -2.17. The summed E-state index contributed by atoms with van der Waals surface area (Å²) in [5.74, 6) is -1.04. The van der Waals surface area contributed by atoms with E-state index in [9.17, 15) is 26.4 Å². The predicted octanol–water partition coefficient (Wildman–Crippen LogP) is 3.38. The molecule has 0 radical (unpaired) electrons. The number of nitrogens with one attached hydrogen (secondary N) is 2. The molecule has 25 heavy (non-hydrogen) atoms. The number of hydrogen-bond acceptors (Lipinski definition) is 4. The molecule has 1 aliphatic rings. The third-order valence-corrected chi connectivity index (χ3v) is 5.78. The van der Waals surface area contributed by atoms with Gasteiger partial charge in [0.25, 0.3) is 0 Å². The molecule has 1 saturated carbocycles. The number of amides is 1. The molecule has 0 saturated heterocycles. The van der Waals surface area contributed by atoms with Crippen LogP contribution >= 0.6 is 0 Å². The fraction of sp³-hybridized carbons (Fsp3) is 0.600. The van der Waals surface area contributed by atoms with Crippen molar-refractivity contribution in [1.29, 1.82) is 0 Å². The summed E-state index contributed by atoms with van der Waals surface area (Å²) >= 11 is 0. The number of carbonyl (C=O) groups is 1. The molecule has 1 amide bonds. The number of anilines is 2. The molecule has 0 spiro atoms. The molecule has 6 nitrogen and oxygen atoms in total. The lowest BCUT2D eigenvalue weighted by Crippen LogP contribution is -2.26. The Kier molecular flexibility index (Phi) is 5.60. The molecule has 0 aromatic carbocycles. The molecule has 10 heteroatoms. The molecular formula is C15H20F3N3O3S. The Morgan fingerprint density at radius 2 is 1.88 bits per heavy atom. The Balaban J connectivity index is 2.35. The van der Waals surface area contributed by atoms with Gasteiger partial charge in [0.15, 0.2) is 5.82 Å². The Hall–Kier alpha value is -1.84. The largest absolute Gasteiger partial charge is 0.417 e. The lowest BCUT2D eigenvalue weighted by atomic mass is 10.1. The van der Waals surface area contributed by atoms with Crippen molar-refractivity contribution >= 4 is 27.4 Å². The van der Waals surface area contributed by atoms with Crippen LogP contribution in [0.2, 0.25) is 0 Å². The summed E-state index contributed by atoms with van der Waals surface area (Å²) in [7, 11) is -3.82. The average Bonchev–Trinajstić information content (AvgIpc) is 3.01. The molecular weight excluding hydrogens is 359 g/mol. The highest BCUT2D eigenvalue weighted by Gasteiger charge is 2.33. The number of nitrogens with zero attached hydrogens (tertiary/aromatic N) is 1. The third kappa shape index (κ3) is 4.83. The van der Waals surface area contributed by atoms with Gasteiger partial charge in [0.05, 0.1) is 16.5 Å². The van der Waals surface area contributed by atoms with Crippen LogP contribution < -0.4 is 10.0 Å². The maximum absolute atomic E-state index is 12.9. The van der Waals surface area contributed by atoms with E-state index in [1.807, 2.05) is 0 Å². The second kappa shape index (κ2) is 7.19. The summed E-state index contributed by atoms with van der Waals surface area (Å²) in [5.41, 5.74) is -1.36. The quantitative estimate of drug-likeness (QED) is 0.821. The predicted molar refractivity (Wildman–Crippen MR) is 87.5 cm³/mol. The van der Waals surface area contributed by atoms with Crippen LogP contribution in [0.25, 0.3) is 0 Å². The highest BCUT2D eigenvalue weighted by molar-refractivity contribution is 7.93. The highest BCUT2D eigenvalue weighted by atomic mass is 32.2. The molecule has 1 aromatic heterocycles. The van der Waals surface area contributed by atoms with E-state index in [0.717, 1.165) is 12.8 Å². The van der Waals surface area contributed by atoms with E-state index in [-0.39, 0.29) is 17.4 Å². The fourth-order valence-electron chi connectivity index (χ4n) is 2.47. The molecule has 1 aromatic rings. The van der Waals surface area contributed by atoms with Crippen molar-refractivity contribution in [3.63, 3.8) is 0 Å². The van der Waals surface area contributed by atoms with Crippen molar-refractivity contribution in [2.75, 3.05) is 10.0 Å². The monoisotopic (exact) mass is 379 g/mol. The van der Waals surface area contributed by atoms with Gasteiger partial charge in [-0.25, -0.2) is 13.4 Å². The molecule has 0 bridgehead atoms. The zero-order valence-electron chi connectivity index (χ0n) is 13.9. The standard InChI is InChI=1S/C15H20F3N3O3S/c1-9(2)25(23,24)21-13-12(7-11(8-19-13)15(16,17)18)20-14(22)10-5-3-4-6-10/h7-10H,3-6H2,1-2H3,(H,19,21)(H,20,22). The SMILES string of the molecule is CC(C)S(=O)(=O)Nc1ncc(C(F)(F)F)cc1NC(=O)C1CCCC1. The number of hydrogen-bond donors (Lipinski definition) is 2. The van der Waals surface area contributed by atoms with Gasteiger partial charge in [-0.1, -0.05) is 12.8 Å². The number of carbonyl (C=O) groups excluding carboxylic acids is 1. The third-order valence-electron chi connectivity index (χ3n) is 4.06. The minimum Gasteiger partial charge on any atom is -0.323 e. The van der Waals surface area contributed by atoms with E-state index in [2.05, 4.69) is 15.0 Å². The number of halogens is 3. The van der Waals surface area contributed by atoms with Crippen LogP contribution in [0.1, 0.15) is 45.1 Å². The zero-order valence-corrected chi connectivity index (χ0v) is 14.7. The Morgan fingerprint density at radius 3 is 2.40 bits per heavy atom. The first-order valence-corrected chi connectivity index (χ1v) is 9.45. The number of rotatable bonds is 5. The van der Waals surface area contributed by atoms with Crippen LogP contribution in [0.3, 0.4) is 0 Å². The van der Waals surface area contributed by atoms with Crippen LogP contribution in [0.5, 0.6) is 0 Å². The van der Waals surface area contributed by atoms with Crippen LogP contribution in [0, 0.1) is 5.92 Å². The summed E-state index contributed by atoms with van der Waals surface area (Å²) in [6, 6.07) is 0.692. The minimum absolute atomic E-state index is 0.288. The second-order valence-electron chi connectivity index (χ2n) is 6.28. The minimum atomic E-state index is -4.66. The van der Waals surface area contributed by atoms with Crippen LogP contribution in [-0.4, -0.2) is 24.6 Å². The Labute approximate surface area is 144 Å². The summed E-state index contributed by atoms with van der Waals surface area (Å²) in [4.78, 5) is 15.8. The van der Waals surface area contributed by atoms with Crippen molar-refractivity contribution < 1.29 is 26.4 Å². The van der Waals surface area contributed by atoms with E-state index >= 15 is 0 Å². The number of aromatic nitrogens is 1. The van der Waals surface area contributed by atoms with Gasteiger partial charge in [0.2, 0.25) is 15.9 Å². The van der Waals surface area contributed by atoms with Gasteiger partial charge < -0.3 is 5.32 Å². The van der Waals surface area contributed by atoms with Gasteiger partial charge in [-0.2, -0.15) is 13.2 Å². The molecule has 2 rings (SSSR count). The Morgan fingerprint density at radius 1 is 1.28 bits per heavy atom. The summed E-state index contributed by atoms with van der Waals surface area (Å²) in [6.45, 7) is 2.84. The van der Waals surface area contributed by atoms with E-state index < -0.39 is 32.9 Å². The zero-order chi connectivity index (χ0) is 18.8. The summed E-state index contributed by atoms with van der Waals surface area (Å²) in [5, 5.41) is 1.59. The van der Waals surface area contributed by atoms with Gasteiger partial charge in [0.1, 0.15) is 0 Å². The maximum atomic E-state index is 12.9. The topological polar surface area (TPSA) is 88.2 Å². The first-order chi connectivity index (χ1) is 11.5. The van der Waals surface area contributed by atoms with Gasteiger partial charge in [-0.05, 0) is 32.8 Å². The molecule has 0 aliphatic heterocycles. The normalized spacial score (nSPS) is 16.2.